The molecular weight excluding hydrogens is 173 g/mol. The molecule has 0 aromatic heterocycles. The standard InChI is InChI=1S/C9H12FNS/c1-7(11)6-12-9-4-2-3-8(10)5-9/h2-5,7H,6,11H2,1H3/t7-/m1/s1. The fraction of sp³-hybridized carbons (Fsp3) is 0.333. The van der Waals surface area contributed by atoms with Gasteiger partial charge in [-0.1, -0.05) is 6.07 Å². The summed E-state index contributed by atoms with van der Waals surface area (Å²) in [6.07, 6.45) is 0. The maximum absolute atomic E-state index is 12.6. The average Bonchev–Trinajstić information content (AvgIpc) is 2.01. The fourth-order valence-corrected chi connectivity index (χ4v) is 1.61. The summed E-state index contributed by atoms with van der Waals surface area (Å²) in [5.74, 6) is 0.633. The van der Waals surface area contributed by atoms with E-state index in [0.29, 0.717) is 0 Å². The van der Waals surface area contributed by atoms with Crippen LogP contribution in [0, 0.1) is 5.82 Å². The van der Waals surface area contributed by atoms with E-state index in [-0.39, 0.29) is 11.9 Å². The van der Waals surface area contributed by atoms with Crippen LogP contribution in [0.2, 0.25) is 0 Å². The minimum Gasteiger partial charge on any atom is -0.327 e. The number of hydrogen-bond donors (Lipinski definition) is 1. The van der Waals surface area contributed by atoms with Crippen molar-refractivity contribution in [3.05, 3.63) is 30.1 Å². The van der Waals surface area contributed by atoms with Gasteiger partial charge in [0.1, 0.15) is 5.82 Å². The van der Waals surface area contributed by atoms with Crippen molar-refractivity contribution >= 4 is 11.8 Å². The summed E-state index contributed by atoms with van der Waals surface area (Å²) >= 11 is 1.58. The molecule has 0 aliphatic rings. The zero-order valence-electron chi connectivity index (χ0n) is 6.96. The summed E-state index contributed by atoms with van der Waals surface area (Å²) in [6.45, 7) is 1.94. The normalized spacial score (nSPS) is 12.9. The Balaban J connectivity index is 2.52. The van der Waals surface area contributed by atoms with Gasteiger partial charge in [0.25, 0.3) is 0 Å². The fourth-order valence-electron chi connectivity index (χ4n) is 0.784. The van der Waals surface area contributed by atoms with Crippen LogP contribution in [0.4, 0.5) is 4.39 Å². The first-order valence-electron chi connectivity index (χ1n) is 3.82. The Morgan fingerprint density at radius 3 is 2.92 bits per heavy atom. The third-order valence-electron chi connectivity index (χ3n) is 1.31. The predicted molar refractivity (Wildman–Crippen MR) is 50.8 cm³/mol. The second-order valence-corrected chi connectivity index (χ2v) is 3.84. The lowest BCUT2D eigenvalue weighted by molar-refractivity contribution is 0.624. The quantitative estimate of drug-likeness (QED) is 0.731. The zero-order chi connectivity index (χ0) is 8.97. The molecule has 0 heterocycles. The molecule has 0 bridgehead atoms. The molecule has 0 saturated carbocycles. The Morgan fingerprint density at radius 1 is 1.58 bits per heavy atom. The van der Waals surface area contributed by atoms with Gasteiger partial charge in [0.2, 0.25) is 0 Å². The maximum atomic E-state index is 12.6. The van der Waals surface area contributed by atoms with Crippen LogP contribution >= 0.6 is 11.8 Å². The van der Waals surface area contributed by atoms with E-state index in [9.17, 15) is 4.39 Å². The highest BCUT2D eigenvalue weighted by molar-refractivity contribution is 7.99. The minimum absolute atomic E-state index is 0.151. The third-order valence-corrected chi connectivity index (χ3v) is 2.59. The maximum Gasteiger partial charge on any atom is 0.124 e. The lowest BCUT2D eigenvalue weighted by atomic mass is 10.3. The lowest BCUT2D eigenvalue weighted by Crippen LogP contribution is -2.17. The number of hydrogen-bond acceptors (Lipinski definition) is 2. The van der Waals surface area contributed by atoms with Gasteiger partial charge < -0.3 is 5.73 Å². The van der Waals surface area contributed by atoms with Crippen LogP contribution in [0.1, 0.15) is 6.92 Å². The number of nitrogens with two attached hydrogens (primary N) is 1. The molecule has 2 N–H and O–H groups in total. The van der Waals surface area contributed by atoms with E-state index < -0.39 is 0 Å². The van der Waals surface area contributed by atoms with E-state index in [1.807, 2.05) is 13.0 Å². The largest absolute Gasteiger partial charge is 0.327 e. The van der Waals surface area contributed by atoms with Crippen molar-refractivity contribution in [2.75, 3.05) is 5.75 Å². The second kappa shape index (κ2) is 4.48. The Bertz CT molecular complexity index is 250. The first-order valence-corrected chi connectivity index (χ1v) is 4.81. The highest BCUT2D eigenvalue weighted by Crippen LogP contribution is 2.18. The first-order chi connectivity index (χ1) is 5.68. The molecule has 0 radical (unpaired) electrons. The van der Waals surface area contributed by atoms with E-state index >= 15 is 0 Å². The van der Waals surface area contributed by atoms with Gasteiger partial charge in [-0.3, -0.25) is 0 Å². The second-order valence-electron chi connectivity index (χ2n) is 2.75. The number of benzene rings is 1. The topological polar surface area (TPSA) is 26.0 Å². The van der Waals surface area contributed by atoms with Crippen LogP contribution in [-0.4, -0.2) is 11.8 Å². The van der Waals surface area contributed by atoms with E-state index in [4.69, 9.17) is 5.73 Å². The molecule has 0 saturated heterocycles. The highest BCUT2D eigenvalue weighted by atomic mass is 32.2. The molecule has 1 rings (SSSR count). The smallest absolute Gasteiger partial charge is 0.124 e. The van der Waals surface area contributed by atoms with Crippen molar-refractivity contribution < 1.29 is 4.39 Å². The van der Waals surface area contributed by atoms with Crippen molar-refractivity contribution in [2.45, 2.75) is 17.9 Å². The summed E-state index contributed by atoms with van der Waals surface area (Å²) in [6, 6.07) is 6.70. The molecule has 0 fully saturated rings. The summed E-state index contributed by atoms with van der Waals surface area (Å²) in [7, 11) is 0. The van der Waals surface area contributed by atoms with Crippen molar-refractivity contribution in [1.82, 2.24) is 0 Å². The average molecular weight is 185 g/mol. The molecular formula is C9H12FNS. The molecule has 66 valence electrons. The van der Waals surface area contributed by atoms with Crippen molar-refractivity contribution in [3.63, 3.8) is 0 Å². The van der Waals surface area contributed by atoms with Crippen LogP contribution in [0.15, 0.2) is 29.2 Å². The molecule has 0 unspecified atom stereocenters. The van der Waals surface area contributed by atoms with Crippen molar-refractivity contribution in [1.29, 1.82) is 0 Å². The van der Waals surface area contributed by atoms with Crippen LogP contribution in [-0.2, 0) is 0 Å². The molecule has 0 amide bonds. The van der Waals surface area contributed by atoms with Gasteiger partial charge >= 0.3 is 0 Å². The highest BCUT2D eigenvalue weighted by Gasteiger charge is 1.98. The van der Waals surface area contributed by atoms with E-state index in [1.54, 1.807) is 17.8 Å². The predicted octanol–water partition coefficient (Wildman–Crippen LogP) is 2.27. The van der Waals surface area contributed by atoms with E-state index in [0.717, 1.165) is 10.6 Å². The van der Waals surface area contributed by atoms with Gasteiger partial charge in [0.15, 0.2) is 0 Å². The van der Waals surface area contributed by atoms with Crippen LogP contribution in [0.5, 0.6) is 0 Å². The zero-order valence-corrected chi connectivity index (χ0v) is 7.77. The number of thioether (sulfide) groups is 1. The minimum atomic E-state index is -0.190. The van der Waals surface area contributed by atoms with Gasteiger partial charge in [-0.25, -0.2) is 4.39 Å². The lowest BCUT2D eigenvalue weighted by Gasteiger charge is -2.03. The summed E-state index contributed by atoms with van der Waals surface area (Å²) < 4.78 is 12.6. The molecule has 0 spiro atoms. The summed E-state index contributed by atoms with van der Waals surface area (Å²) in [4.78, 5) is 0.937. The number of rotatable bonds is 3. The monoisotopic (exact) mass is 185 g/mol. The number of halogens is 1. The molecule has 1 atom stereocenters. The van der Waals surface area contributed by atoms with Gasteiger partial charge in [-0.2, -0.15) is 0 Å². The van der Waals surface area contributed by atoms with Gasteiger partial charge in [-0.15, -0.1) is 11.8 Å². The Hall–Kier alpha value is -0.540. The Labute approximate surface area is 76.2 Å². The van der Waals surface area contributed by atoms with E-state index in [1.165, 1.54) is 12.1 Å². The molecule has 3 heteroatoms. The van der Waals surface area contributed by atoms with Crippen molar-refractivity contribution in [2.24, 2.45) is 5.73 Å². The molecule has 12 heavy (non-hydrogen) atoms. The third kappa shape index (κ3) is 3.24. The van der Waals surface area contributed by atoms with E-state index in [2.05, 4.69) is 0 Å². The van der Waals surface area contributed by atoms with Crippen LogP contribution in [0.3, 0.4) is 0 Å². The molecule has 0 aliphatic carbocycles. The van der Waals surface area contributed by atoms with Crippen molar-refractivity contribution in [3.8, 4) is 0 Å². The Morgan fingerprint density at radius 2 is 2.33 bits per heavy atom. The summed E-state index contributed by atoms with van der Waals surface area (Å²) in [5.41, 5.74) is 5.56. The van der Waals surface area contributed by atoms with Gasteiger partial charge in [0, 0.05) is 16.7 Å². The Kier molecular flexibility index (Phi) is 3.56. The van der Waals surface area contributed by atoms with Crippen LogP contribution in [0.25, 0.3) is 0 Å². The molecule has 1 aromatic rings. The van der Waals surface area contributed by atoms with Gasteiger partial charge in [-0.05, 0) is 25.1 Å². The molecule has 1 aromatic carbocycles. The summed E-state index contributed by atoms with van der Waals surface area (Å²) in [5, 5.41) is 0. The first kappa shape index (κ1) is 9.55. The van der Waals surface area contributed by atoms with Gasteiger partial charge in [0.05, 0.1) is 0 Å². The SMILES string of the molecule is C[C@@H](N)CSc1cccc(F)c1. The molecule has 1 nitrogen and oxygen atoms in total. The van der Waals surface area contributed by atoms with Crippen LogP contribution < -0.4 is 5.73 Å². The molecule has 0 aliphatic heterocycles.